The molecule has 1 unspecified atom stereocenters. The highest BCUT2D eigenvalue weighted by Crippen LogP contribution is 2.33. The summed E-state index contributed by atoms with van der Waals surface area (Å²) in [4.78, 5) is 14.4. The summed E-state index contributed by atoms with van der Waals surface area (Å²) in [6.07, 6.45) is 0.790. The average Bonchev–Trinajstić information content (AvgIpc) is 2.53. The minimum Gasteiger partial charge on any atom is -0.508 e. The Bertz CT molecular complexity index is 652. The number of rotatable bonds is 2. The van der Waals surface area contributed by atoms with E-state index in [9.17, 15) is 9.90 Å². The molecule has 1 amide bonds. The number of amides is 1. The van der Waals surface area contributed by atoms with Crippen LogP contribution in [-0.2, 0) is 4.79 Å². The van der Waals surface area contributed by atoms with Crippen LogP contribution in [0.25, 0.3) is 0 Å². The van der Waals surface area contributed by atoms with Gasteiger partial charge in [0.1, 0.15) is 5.75 Å². The zero-order chi connectivity index (χ0) is 14.8. The molecule has 0 aliphatic carbocycles. The first-order valence-corrected chi connectivity index (χ1v) is 7.06. The summed E-state index contributed by atoms with van der Waals surface area (Å²) >= 11 is 0. The molecule has 108 valence electrons. The largest absolute Gasteiger partial charge is 0.508 e. The second-order valence-corrected chi connectivity index (χ2v) is 5.27. The maximum atomic E-state index is 12.8. The summed E-state index contributed by atoms with van der Waals surface area (Å²) in [5.74, 6) is 0.155. The molecule has 2 aromatic rings. The van der Waals surface area contributed by atoms with E-state index in [4.69, 9.17) is 0 Å². The first-order chi connectivity index (χ1) is 10.2. The lowest BCUT2D eigenvalue weighted by molar-refractivity contribution is -0.119. The number of para-hydroxylation sites is 1. The highest BCUT2D eigenvalue weighted by atomic mass is 16.3. The normalized spacial score (nSPS) is 16.7. The van der Waals surface area contributed by atoms with Crippen LogP contribution < -0.4 is 10.2 Å². The average molecular weight is 282 g/mol. The van der Waals surface area contributed by atoms with Crippen LogP contribution in [0.15, 0.2) is 48.5 Å². The van der Waals surface area contributed by atoms with Crippen LogP contribution in [0, 0.1) is 0 Å². The molecule has 0 saturated carbocycles. The molecular weight excluding hydrogens is 264 g/mol. The van der Waals surface area contributed by atoms with E-state index in [1.165, 1.54) is 0 Å². The molecule has 1 heterocycles. The van der Waals surface area contributed by atoms with E-state index in [2.05, 4.69) is 5.32 Å². The van der Waals surface area contributed by atoms with Gasteiger partial charge in [-0.2, -0.15) is 0 Å². The molecule has 0 radical (unpaired) electrons. The van der Waals surface area contributed by atoms with Crippen LogP contribution in [0.2, 0.25) is 0 Å². The van der Waals surface area contributed by atoms with E-state index >= 15 is 0 Å². The van der Waals surface area contributed by atoms with Gasteiger partial charge in [-0.25, -0.2) is 0 Å². The van der Waals surface area contributed by atoms with Gasteiger partial charge in [-0.05, 0) is 42.3 Å². The van der Waals surface area contributed by atoms with Gasteiger partial charge < -0.3 is 15.3 Å². The lowest BCUT2D eigenvalue weighted by Gasteiger charge is -2.29. The molecule has 3 rings (SSSR count). The van der Waals surface area contributed by atoms with E-state index in [1.807, 2.05) is 24.3 Å². The zero-order valence-corrected chi connectivity index (χ0v) is 11.9. The minimum absolute atomic E-state index is 0.0784. The number of nitrogens with zero attached hydrogens (tertiary/aromatic N) is 1. The van der Waals surface area contributed by atoms with Crippen molar-refractivity contribution >= 4 is 17.3 Å². The van der Waals surface area contributed by atoms with Crippen molar-refractivity contribution in [3.63, 3.8) is 0 Å². The van der Waals surface area contributed by atoms with Crippen molar-refractivity contribution in [1.82, 2.24) is 0 Å². The molecular formula is C17H18N2O2. The summed E-state index contributed by atoms with van der Waals surface area (Å²) in [6.45, 7) is 0.802. The Morgan fingerprint density at radius 2 is 1.90 bits per heavy atom. The van der Waals surface area contributed by atoms with Crippen molar-refractivity contribution in [2.24, 2.45) is 0 Å². The van der Waals surface area contributed by atoms with Crippen LogP contribution in [0.4, 0.5) is 11.4 Å². The Kier molecular flexibility index (Phi) is 3.52. The molecule has 1 aliphatic heterocycles. The number of hydrogen-bond acceptors (Lipinski definition) is 3. The number of carbonyl (C=O) groups is 1. The number of anilines is 2. The third kappa shape index (κ3) is 2.57. The van der Waals surface area contributed by atoms with Crippen molar-refractivity contribution in [1.29, 1.82) is 0 Å². The van der Waals surface area contributed by atoms with E-state index in [1.54, 1.807) is 36.2 Å². The molecule has 0 aromatic heterocycles. The molecule has 1 atom stereocenters. The topological polar surface area (TPSA) is 52.6 Å². The van der Waals surface area contributed by atoms with Gasteiger partial charge in [-0.15, -0.1) is 0 Å². The van der Waals surface area contributed by atoms with Crippen LogP contribution in [0.5, 0.6) is 5.75 Å². The highest BCUT2D eigenvalue weighted by Gasteiger charge is 2.28. The smallest absolute Gasteiger partial charge is 0.234 e. The van der Waals surface area contributed by atoms with Gasteiger partial charge in [0.25, 0.3) is 0 Å². The summed E-state index contributed by atoms with van der Waals surface area (Å²) in [5.41, 5.74) is 2.88. The van der Waals surface area contributed by atoms with Crippen molar-refractivity contribution in [2.45, 2.75) is 12.3 Å². The Morgan fingerprint density at radius 3 is 2.67 bits per heavy atom. The number of phenols is 1. The van der Waals surface area contributed by atoms with Gasteiger partial charge in [0.05, 0.1) is 5.92 Å². The van der Waals surface area contributed by atoms with Gasteiger partial charge in [-0.3, -0.25) is 4.79 Å². The molecule has 0 bridgehead atoms. The summed E-state index contributed by atoms with van der Waals surface area (Å²) in [6, 6.07) is 14.6. The van der Waals surface area contributed by atoms with E-state index in [-0.39, 0.29) is 17.6 Å². The van der Waals surface area contributed by atoms with E-state index in [0.29, 0.717) is 0 Å². The molecule has 0 spiro atoms. The first-order valence-electron chi connectivity index (χ1n) is 7.06. The second-order valence-electron chi connectivity index (χ2n) is 5.27. The van der Waals surface area contributed by atoms with E-state index in [0.717, 1.165) is 29.9 Å². The molecule has 0 fully saturated rings. The van der Waals surface area contributed by atoms with Gasteiger partial charge in [-0.1, -0.05) is 18.2 Å². The number of aromatic hydroxyl groups is 1. The number of hydrogen-bond donors (Lipinski definition) is 2. The van der Waals surface area contributed by atoms with Crippen LogP contribution in [-0.4, -0.2) is 24.6 Å². The fourth-order valence-corrected chi connectivity index (χ4v) is 2.76. The van der Waals surface area contributed by atoms with Crippen molar-refractivity contribution in [3.05, 3.63) is 54.1 Å². The fourth-order valence-electron chi connectivity index (χ4n) is 2.76. The zero-order valence-electron chi connectivity index (χ0n) is 11.9. The standard InChI is InChI=1S/C17H18N2O2/c1-19(12-6-8-13(20)9-7-12)17(21)15-10-11-18-16-5-3-2-4-14(15)16/h2-9,15,18,20H,10-11H2,1H3. The maximum absolute atomic E-state index is 12.8. The molecule has 4 nitrogen and oxygen atoms in total. The van der Waals surface area contributed by atoms with Gasteiger partial charge in [0.15, 0.2) is 0 Å². The molecule has 2 N–H and O–H groups in total. The number of carbonyl (C=O) groups excluding carboxylic acids is 1. The molecule has 4 heteroatoms. The van der Waals surface area contributed by atoms with Crippen LogP contribution >= 0.6 is 0 Å². The number of benzene rings is 2. The Balaban J connectivity index is 1.87. The lowest BCUT2D eigenvalue weighted by Crippen LogP contribution is -2.34. The van der Waals surface area contributed by atoms with Crippen LogP contribution in [0.3, 0.4) is 0 Å². The lowest BCUT2D eigenvalue weighted by atomic mass is 9.90. The minimum atomic E-state index is -0.124. The highest BCUT2D eigenvalue weighted by molar-refractivity contribution is 5.98. The number of likely N-dealkylation sites (N-methyl/N-ethyl adjacent to an activating group) is 1. The molecule has 21 heavy (non-hydrogen) atoms. The third-order valence-electron chi connectivity index (χ3n) is 3.95. The number of fused-ring (bicyclic) bond motifs is 1. The summed E-state index contributed by atoms with van der Waals surface area (Å²) in [7, 11) is 1.78. The molecule has 2 aromatic carbocycles. The Morgan fingerprint density at radius 1 is 1.19 bits per heavy atom. The maximum Gasteiger partial charge on any atom is 0.234 e. The SMILES string of the molecule is CN(C(=O)C1CCNc2ccccc21)c1ccc(O)cc1. The fraction of sp³-hybridized carbons (Fsp3) is 0.235. The third-order valence-corrected chi connectivity index (χ3v) is 3.95. The van der Waals surface area contributed by atoms with E-state index < -0.39 is 0 Å². The van der Waals surface area contributed by atoms with Crippen molar-refractivity contribution in [3.8, 4) is 5.75 Å². The second kappa shape index (κ2) is 5.48. The van der Waals surface area contributed by atoms with Crippen molar-refractivity contribution in [2.75, 3.05) is 23.8 Å². The first kappa shape index (κ1) is 13.5. The predicted octanol–water partition coefficient (Wildman–Crippen LogP) is 2.95. The van der Waals surface area contributed by atoms with Gasteiger partial charge in [0, 0.05) is 25.0 Å². The van der Waals surface area contributed by atoms with Gasteiger partial charge >= 0.3 is 0 Å². The Labute approximate surface area is 124 Å². The summed E-state index contributed by atoms with van der Waals surface area (Å²) in [5, 5.41) is 12.7. The Hall–Kier alpha value is -2.49. The van der Waals surface area contributed by atoms with Crippen molar-refractivity contribution < 1.29 is 9.90 Å². The molecule has 0 saturated heterocycles. The predicted molar refractivity (Wildman–Crippen MR) is 83.8 cm³/mol. The quantitative estimate of drug-likeness (QED) is 0.890. The van der Waals surface area contributed by atoms with Gasteiger partial charge in [0.2, 0.25) is 5.91 Å². The molecule has 1 aliphatic rings. The summed E-state index contributed by atoms with van der Waals surface area (Å²) < 4.78 is 0. The van der Waals surface area contributed by atoms with Crippen LogP contribution in [0.1, 0.15) is 17.9 Å². The number of nitrogens with one attached hydrogen (secondary N) is 1. The monoisotopic (exact) mass is 282 g/mol. The number of phenolic OH excluding ortho intramolecular Hbond substituents is 1.